The van der Waals surface area contributed by atoms with Crippen LogP contribution < -0.4 is 9.05 Å². The van der Waals surface area contributed by atoms with Crippen LogP contribution in [0.1, 0.15) is 46.5 Å². The maximum Gasteiger partial charge on any atom is 0.453 e. The zero-order valence-corrected chi connectivity index (χ0v) is 21.2. The Labute approximate surface area is 205 Å². The molecule has 2 aromatic rings. The predicted molar refractivity (Wildman–Crippen MR) is 131 cm³/mol. The minimum absolute atomic E-state index is 0.232. The first-order valence-corrected chi connectivity index (χ1v) is 13.7. The number of fused-ring (bicyclic) bond motifs is 3. The summed E-state index contributed by atoms with van der Waals surface area (Å²) in [4.78, 5) is 29.6. The molecule has 0 radical (unpaired) electrons. The van der Waals surface area contributed by atoms with Crippen LogP contribution >= 0.6 is 7.60 Å². The van der Waals surface area contributed by atoms with Crippen LogP contribution in [-0.4, -0.2) is 52.3 Å². The highest BCUT2D eigenvalue weighted by molar-refractivity contribution is 7.55. The molecule has 0 aromatic heterocycles. The standard InChI is InChI=1S/C26H31N2O6P/c1-26(2,3)32-25(30)27-16-8-12-20(27)24(29)28-17-9-15-23(28)35(31)33-21-13-6-4-10-18(21)19-11-5-7-14-22(19)34-35/h4-7,10-11,13-14,20,23H,8-9,12,15-17H2,1-3H3/t20-,23?/m0/s1. The number of para-hydroxylation sites is 2. The number of hydrogen-bond acceptors (Lipinski definition) is 6. The Balaban J connectivity index is 1.44. The van der Waals surface area contributed by atoms with Gasteiger partial charge < -0.3 is 18.7 Å². The zero-order chi connectivity index (χ0) is 24.8. The molecular weight excluding hydrogens is 467 g/mol. The Bertz CT molecular complexity index is 1140. The predicted octanol–water partition coefficient (Wildman–Crippen LogP) is 5.67. The first-order chi connectivity index (χ1) is 16.7. The lowest BCUT2D eigenvalue weighted by molar-refractivity contribution is -0.135. The van der Waals surface area contributed by atoms with E-state index in [0.717, 1.165) is 11.1 Å². The van der Waals surface area contributed by atoms with Crippen molar-refractivity contribution in [3.05, 3.63) is 48.5 Å². The summed E-state index contributed by atoms with van der Waals surface area (Å²) >= 11 is 0. The highest BCUT2D eigenvalue weighted by atomic mass is 31.2. The number of benzene rings is 2. The third-order valence-corrected chi connectivity index (χ3v) is 8.72. The lowest BCUT2D eigenvalue weighted by Gasteiger charge is -2.34. The summed E-state index contributed by atoms with van der Waals surface area (Å²) in [7, 11) is -3.83. The summed E-state index contributed by atoms with van der Waals surface area (Å²) in [5.41, 5.74) is 0.934. The molecule has 0 aliphatic carbocycles. The molecule has 35 heavy (non-hydrogen) atoms. The largest absolute Gasteiger partial charge is 0.453 e. The van der Waals surface area contributed by atoms with E-state index in [2.05, 4.69) is 0 Å². The van der Waals surface area contributed by atoms with Crippen LogP contribution in [0, 0.1) is 0 Å². The minimum atomic E-state index is -3.83. The molecule has 3 heterocycles. The second-order valence-corrected chi connectivity index (χ2v) is 12.2. The molecule has 2 aromatic carbocycles. The molecular formula is C26H31N2O6P. The van der Waals surface area contributed by atoms with Crippen LogP contribution in [0.2, 0.25) is 0 Å². The highest BCUT2D eigenvalue weighted by Gasteiger charge is 2.51. The summed E-state index contributed by atoms with van der Waals surface area (Å²) in [5, 5.41) is 0. The lowest BCUT2D eigenvalue weighted by atomic mass is 10.0. The van der Waals surface area contributed by atoms with Gasteiger partial charge in [0.25, 0.3) is 0 Å². The average molecular weight is 499 g/mol. The molecule has 2 amide bonds. The van der Waals surface area contributed by atoms with Crippen molar-refractivity contribution in [1.29, 1.82) is 0 Å². The van der Waals surface area contributed by atoms with E-state index < -0.39 is 31.1 Å². The quantitative estimate of drug-likeness (QED) is 0.497. The number of hydrogen-bond donors (Lipinski definition) is 0. The first-order valence-electron chi connectivity index (χ1n) is 12.1. The molecule has 186 valence electrons. The molecule has 8 nitrogen and oxygen atoms in total. The molecule has 2 saturated heterocycles. The van der Waals surface area contributed by atoms with Crippen LogP contribution in [0.15, 0.2) is 48.5 Å². The van der Waals surface area contributed by atoms with Gasteiger partial charge in [-0.25, -0.2) is 9.36 Å². The second-order valence-electron chi connectivity index (χ2n) is 10.2. The fourth-order valence-corrected chi connectivity index (χ4v) is 7.26. The summed E-state index contributed by atoms with van der Waals surface area (Å²) in [6.45, 7) is 6.29. The molecule has 0 spiro atoms. The third-order valence-electron chi connectivity index (χ3n) is 6.55. The molecule has 1 unspecified atom stereocenters. The number of amides is 2. The second kappa shape index (κ2) is 8.90. The van der Waals surface area contributed by atoms with Gasteiger partial charge in [-0.05, 0) is 58.6 Å². The van der Waals surface area contributed by atoms with E-state index in [1.807, 2.05) is 36.4 Å². The third kappa shape index (κ3) is 4.52. The van der Waals surface area contributed by atoms with E-state index >= 15 is 0 Å². The monoisotopic (exact) mass is 498 g/mol. The molecule has 3 aliphatic heterocycles. The normalized spacial score (nSPS) is 22.9. The zero-order valence-electron chi connectivity index (χ0n) is 20.3. The van der Waals surface area contributed by atoms with Gasteiger partial charge in [0, 0.05) is 24.2 Å². The van der Waals surface area contributed by atoms with Crippen molar-refractivity contribution in [2.24, 2.45) is 0 Å². The summed E-state index contributed by atoms with van der Waals surface area (Å²) in [6, 6.07) is 14.1. The van der Waals surface area contributed by atoms with Gasteiger partial charge in [-0.2, -0.15) is 0 Å². The molecule has 0 bridgehead atoms. The molecule has 2 atom stereocenters. The van der Waals surface area contributed by atoms with E-state index in [0.29, 0.717) is 50.3 Å². The van der Waals surface area contributed by atoms with Crippen molar-refractivity contribution in [2.45, 2.75) is 63.9 Å². The number of carbonyl (C=O) groups excluding carboxylic acids is 2. The van der Waals surface area contributed by atoms with Gasteiger partial charge in [-0.3, -0.25) is 9.69 Å². The van der Waals surface area contributed by atoms with Crippen LogP contribution in [0.5, 0.6) is 11.5 Å². The average Bonchev–Trinajstić information content (AvgIpc) is 3.47. The summed E-state index contributed by atoms with van der Waals surface area (Å²) < 4.78 is 32.2. The van der Waals surface area contributed by atoms with Crippen molar-refractivity contribution >= 4 is 19.6 Å². The van der Waals surface area contributed by atoms with E-state index in [4.69, 9.17) is 13.8 Å². The van der Waals surface area contributed by atoms with Gasteiger partial charge in [-0.15, -0.1) is 0 Å². The Morgan fingerprint density at radius 1 is 0.886 bits per heavy atom. The van der Waals surface area contributed by atoms with Crippen LogP contribution in [0.3, 0.4) is 0 Å². The fourth-order valence-electron chi connectivity index (χ4n) is 5.04. The number of ether oxygens (including phenoxy) is 1. The van der Waals surface area contributed by atoms with Gasteiger partial charge >= 0.3 is 13.7 Å². The SMILES string of the molecule is CC(C)(C)OC(=O)N1CCC[C@H]1C(=O)N1CCCC1P1(=O)Oc2ccccc2-c2ccccc2O1. The Morgan fingerprint density at radius 2 is 1.43 bits per heavy atom. The van der Waals surface area contributed by atoms with Gasteiger partial charge in [0.2, 0.25) is 5.91 Å². The number of carbonyl (C=O) groups is 2. The maximum absolute atomic E-state index is 14.4. The van der Waals surface area contributed by atoms with Gasteiger partial charge in [0.1, 0.15) is 23.1 Å². The lowest BCUT2D eigenvalue weighted by Crippen LogP contribution is -2.50. The van der Waals surface area contributed by atoms with Gasteiger partial charge in [-0.1, -0.05) is 36.4 Å². The highest BCUT2D eigenvalue weighted by Crippen LogP contribution is 2.61. The molecule has 0 N–H and O–H groups in total. The van der Waals surface area contributed by atoms with Gasteiger partial charge in [0.15, 0.2) is 5.78 Å². The molecule has 3 aliphatic rings. The number of nitrogens with zero attached hydrogens (tertiary/aromatic N) is 2. The van der Waals surface area contributed by atoms with Crippen molar-refractivity contribution in [3.8, 4) is 22.6 Å². The van der Waals surface area contributed by atoms with Gasteiger partial charge in [0.05, 0.1) is 0 Å². The Kier molecular flexibility index (Phi) is 6.04. The van der Waals surface area contributed by atoms with E-state index in [-0.39, 0.29) is 5.91 Å². The molecule has 0 saturated carbocycles. The first kappa shape index (κ1) is 23.7. The smallest absolute Gasteiger partial charge is 0.444 e. The molecule has 2 fully saturated rings. The molecule has 9 heteroatoms. The van der Waals surface area contributed by atoms with Crippen LogP contribution in [0.4, 0.5) is 4.79 Å². The van der Waals surface area contributed by atoms with Crippen molar-refractivity contribution in [3.63, 3.8) is 0 Å². The van der Waals surface area contributed by atoms with E-state index in [1.54, 1.807) is 37.8 Å². The fraction of sp³-hybridized carbons (Fsp3) is 0.462. The van der Waals surface area contributed by atoms with Crippen LogP contribution in [0.25, 0.3) is 11.1 Å². The topological polar surface area (TPSA) is 85.4 Å². The van der Waals surface area contributed by atoms with Crippen LogP contribution in [-0.2, 0) is 14.1 Å². The Hall–Kier alpha value is -2.99. The van der Waals surface area contributed by atoms with E-state index in [1.165, 1.54) is 4.90 Å². The number of likely N-dealkylation sites (tertiary alicyclic amines) is 2. The Morgan fingerprint density at radius 3 is 2.03 bits per heavy atom. The minimum Gasteiger partial charge on any atom is -0.444 e. The summed E-state index contributed by atoms with van der Waals surface area (Å²) in [6.07, 6.45) is 1.92. The van der Waals surface area contributed by atoms with E-state index in [9.17, 15) is 14.2 Å². The summed E-state index contributed by atoms with van der Waals surface area (Å²) in [5.74, 6) is -0.0351. The van der Waals surface area contributed by atoms with Crippen molar-refractivity contribution in [2.75, 3.05) is 13.1 Å². The van der Waals surface area contributed by atoms with Crippen molar-refractivity contribution in [1.82, 2.24) is 9.80 Å². The molecule has 5 rings (SSSR count). The van der Waals surface area contributed by atoms with Crippen molar-refractivity contribution < 1.29 is 27.9 Å². The maximum atomic E-state index is 14.4. The number of rotatable bonds is 2.